The maximum Gasteiger partial charge on any atom is 0.407 e. The quantitative estimate of drug-likeness (QED) is 0.626. The van der Waals surface area contributed by atoms with Crippen LogP contribution in [-0.2, 0) is 9.47 Å². The topological polar surface area (TPSA) is 64.6 Å². The van der Waals surface area contributed by atoms with Crippen molar-refractivity contribution in [3.63, 3.8) is 0 Å². The molecule has 0 aliphatic rings. The normalized spacial score (nSPS) is 12.1. The van der Waals surface area contributed by atoms with Gasteiger partial charge in [0.1, 0.15) is 11.2 Å². The van der Waals surface area contributed by atoms with Crippen molar-refractivity contribution in [1.29, 1.82) is 0 Å². The first kappa shape index (κ1) is 20.7. The summed E-state index contributed by atoms with van der Waals surface area (Å²) >= 11 is 0. The van der Waals surface area contributed by atoms with Gasteiger partial charge in [0.05, 0.1) is 5.56 Å². The summed E-state index contributed by atoms with van der Waals surface area (Å²) in [5.74, 6) is -0.348. The van der Waals surface area contributed by atoms with Crippen molar-refractivity contribution in [2.75, 3.05) is 6.54 Å². The molecule has 0 atom stereocenters. The Morgan fingerprint density at radius 1 is 1.00 bits per heavy atom. The van der Waals surface area contributed by atoms with E-state index in [2.05, 4.69) is 5.32 Å². The van der Waals surface area contributed by atoms with E-state index >= 15 is 0 Å². The van der Waals surface area contributed by atoms with Gasteiger partial charge in [-0.25, -0.2) is 9.59 Å². The Morgan fingerprint density at radius 3 is 2.20 bits per heavy atom. The largest absolute Gasteiger partial charge is 0.456 e. The minimum absolute atomic E-state index is 0.348. The van der Waals surface area contributed by atoms with Crippen LogP contribution in [0.5, 0.6) is 0 Å². The van der Waals surface area contributed by atoms with Gasteiger partial charge >= 0.3 is 12.1 Å². The van der Waals surface area contributed by atoms with Crippen LogP contribution < -0.4 is 5.32 Å². The van der Waals surface area contributed by atoms with Gasteiger partial charge in [-0.05, 0) is 59.6 Å². The van der Waals surface area contributed by atoms with Crippen LogP contribution in [0.2, 0.25) is 0 Å². The number of esters is 1. The average molecular weight is 347 g/mol. The van der Waals surface area contributed by atoms with Crippen molar-refractivity contribution in [3.8, 4) is 0 Å². The van der Waals surface area contributed by atoms with Crippen LogP contribution in [0.25, 0.3) is 6.08 Å². The standard InChI is InChI=1S/C20H29NO4/c1-19(2,3)24-17(22)16-13-8-7-11-15(16)12-9-10-14-21-18(23)25-20(4,5)6/h7-9,11-13H,10,14H2,1-6H3,(H,21,23). The number of alkyl carbamates (subject to hydrolysis) is 1. The van der Waals surface area contributed by atoms with Gasteiger partial charge in [-0.3, -0.25) is 0 Å². The fraction of sp³-hybridized carbons (Fsp3) is 0.500. The molecule has 25 heavy (non-hydrogen) atoms. The molecule has 0 aromatic heterocycles. The van der Waals surface area contributed by atoms with Gasteiger partial charge < -0.3 is 14.8 Å². The molecule has 1 aromatic carbocycles. The SMILES string of the molecule is CC(C)(C)OC(=O)NCCC=Cc1ccccc1C(=O)OC(C)(C)C. The molecule has 0 aliphatic heterocycles. The summed E-state index contributed by atoms with van der Waals surface area (Å²) in [4.78, 5) is 23.8. The van der Waals surface area contributed by atoms with Gasteiger partial charge in [-0.2, -0.15) is 0 Å². The Bertz CT molecular complexity index is 621. The number of hydrogen-bond acceptors (Lipinski definition) is 4. The lowest BCUT2D eigenvalue weighted by Gasteiger charge is -2.20. The number of rotatable bonds is 5. The zero-order chi connectivity index (χ0) is 19.1. The third-order valence-corrected chi connectivity index (χ3v) is 2.86. The van der Waals surface area contributed by atoms with E-state index in [4.69, 9.17) is 9.47 Å². The maximum atomic E-state index is 12.3. The molecule has 1 amide bonds. The predicted octanol–water partition coefficient (Wildman–Crippen LogP) is 4.57. The molecule has 1 aromatic rings. The minimum Gasteiger partial charge on any atom is -0.456 e. The number of amides is 1. The summed E-state index contributed by atoms with van der Waals surface area (Å²) in [5.41, 5.74) is 0.264. The molecule has 1 rings (SSSR count). The van der Waals surface area contributed by atoms with E-state index in [1.165, 1.54) is 0 Å². The van der Waals surface area contributed by atoms with Crippen LogP contribution in [0, 0.1) is 0 Å². The number of hydrogen-bond donors (Lipinski definition) is 1. The Hall–Kier alpha value is -2.30. The summed E-state index contributed by atoms with van der Waals surface area (Å²) in [6, 6.07) is 7.27. The molecule has 0 heterocycles. The van der Waals surface area contributed by atoms with Crippen molar-refractivity contribution < 1.29 is 19.1 Å². The number of ether oxygens (including phenoxy) is 2. The van der Waals surface area contributed by atoms with E-state index in [0.717, 1.165) is 5.56 Å². The van der Waals surface area contributed by atoms with Crippen LogP contribution in [0.4, 0.5) is 4.79 Å². The number of benzene rings is 1. The van der Waals surface area contributed by atoms with Crippen molar-refractivity contribution in [2.45, 2.75) is 59.2 Å². The fourth-order valence-electron chi connectivity index (χ4n) is 1.94. The Labute approximate surface area is 150 Å². The lowest BCUT2D eigenvalue weighted by molar-refractivity contribution is 0.00690. The first-order valence-electron chi connectivity index (χ1n) is 8.44. The van der Waals surface area contributed by atoms with Crippen LogP contribution in [0.3, 0.4) is 0 Å². The Morgan fingerprint density at radius 2 is 1.60 bits per heavy atom. The monoisotopic (exact) mass is 347 g/mol. The number of nitrogens with one attached hydrogen (secondary N) is 1. The molecule has 0 bridgehead atoms. The lowest BCUT2D eigenvalue weighted by atomic mass is 10.1. The molecule has 0 saturated heterocycles. The van der Waals surface area contributed by atoms with Crippen LogP contribution in [-0.4, -0.2) is 29.8 Å². The summed E-state index contributed by atoms with van der Waals surface area (Å²) < 4.78 is 10.6. The van der Waals surface area contributed by atoms with Crippen LogP contribution >= 0.6 is 0 Å². The van der Waals surface area contributed by atoms with E-state index in [1.54, 1.807) is 12.1 Å². The van der Waals surface area contributed by atoms with Crippen LogP contribution in [0.15, 0.2) is 30.3 Å². The highest BCUT2D eigenvalue weighted by Gasteiger charge is 2.19. The van der Waals surface area contributed by atoms with Gasteiger partial charge in [0.15, 0.2) is 0 Å². The highest BCUT2D eigenvalue weighted by atomic mass is 16.6. The second-order valence-corrected chi connectivity index (χ2v) is 7.71. The highest BCUT2D eigenvalue weighted by molar-refractivity contribution is 5.93. The first-order valence-corrected chi connectivity index (χ1v) is 8.44. The molecule has 5 nitrogen and oxygen atoms in total. The van der Waals surface area contributed by atoms with Gasteiger partial charge in [-0.1, -0.05) is 30.4 Å². The van der Waals surface area contributed by atoms with E-state index in [9.17, 15) is 9.59 Å². The molecule has 0 spiro atoms. The third-order valence-electron chi connectivity index (χ3n) is 2.86. The second kappa shape index (κ2) is 8.70. The summed E-state index contributed by atoms with van der Waals surface area (Å²) in [5, 5.41) is 2.69. The van der Waals surface area contributed by atoms with Gasteiger partial charge in [0, 0.05) is 6.54 Å². The van der Waals surface area contributed by atoms with Crippen molar-refractivity contribution in [3.05, 3.63) is 41.5 Å². The molecule has 0 aliphatic carbocycles. The molecule has 0 saturated carbocycles. The second-order valence-electron chi connectivity index (χ2n) is 7.71. The third kappa shape index (κ3) is 8.94. The smallest absolute Gasteiger partial charge is 0.407 e. The van der Waals surface area contributed by atoms with Gasteiger partial charge in [0.25, 0.3) is 0 Å². The van der Waals surface area contributed by atoms with Crippen molar-refractivity contribution >= 4 is 18.1 Å². The van der Waals surface area contributed by atoms with E-state index in [-0.39, 0.29) is 5.97 Å². The average Bonchev–Trinajstić information content (AvgIpc) is 2.43. The van der Waals surface area contributed by atoms with E-state index in [1.807, 2.05) is 65.8 Å². The molecule has 0 unspecified atom stereocenters. The zero-order valence-electron chi connectivity index (χ0n) is 16.0. The van der Waals surface area contributed by atoms with Gasteiger partial charge in [-0.15, -0.1) is 0 Å². The summed E-state index contributed by atoms with van der Waals surface area (Å²) in [6.45, 7) is 11.4. The summed E-state index contributed by atoms with van der Waals surface area (Å²) in [6.07, 6.45) is 3.95. The minimum atomic E-state index is -0.536. The predicted molar refractivity (Wildman–Crippen MR) is 99.5 cm³/mol. The van der Waals surface area contributed by atoms with Crippen molar-refractivity contribution in [1.82, 2.24) is 5.32 Å². The number of carbonyl (C=O) groups excluding carboxylic acids is 2. The highest BCUT2D eigenvalue weighted by Crippen LogP contribution is 2.17. The maximum absolute atomic E-state index is 12.3. The molecule has 0 radical (unpaired) electrons. The Balaban J connectivity index is 2.58. The molecular weight excluding hydrogens is 318 g/mol. The van der Waals surface area contributed by atoms with Crippen LogP contribution in [0.1, 0.15) is 63.9 Å². The fourth-order valence-corrected chi connectivity index (χ4v) is 1.94. The summed E-state index contributed by atoms with van der Waals surface area (Å²) in [7, 11) is 0. The first-order chi connectivity index (χ1) is 11.5. The molecule has 1 N–H and O–H groups in total. The molecule has 138 valence electrons. The van der Waals surface area contributed by atoms with Gasteiger partial charge in [0.2, 0.25) is 0 Å². The zero-order valence-corrected chi connectivity index (χ0v) is 16.0. The molecule has 0 fully saturated rings. The lowest BCUT2D eigenvalue weighted by Crippen LogP contribution is -2.32. The van der Waals surface area contributed by atoms with Crippen molar-refractivity contribution in [2.24, 2.45) is 0 Å². The van der Waals surface area contributed by atoms with E-state index < -0.39 is 17.3 Å². The molecular formula is C20H29NO4. The number of carbonyl (C=O) groups is 2. The van der Waals surface area contributed by atoms with E-state index in [0.29, 0.717) is 18.5 Å². The Kier molecular flexibility index (Phi) is 7.22. The molecule has 5 heteroatoms.